The monoisotopic (exact) mass is 332 g/mol. The zero-order valence-electron chi connectivity index (χ0n) is 14.8. The first-order valence-electron chi connectivity index (χ1n) is 8.05. The Morgan fingerprint density at radius 1 is 1.38 bits per heavy atom. The summed E-state index contributed by atoms with van der Waals surface area (Å²) in [6, 6.07) is 0. The van der Waals surface area contributed by atoms with Crippen LogP contribution in [0.25, 0.3) is 0 Å². The van der Waals surface area contributed by atoms with Crippen LogP contribution in [0.1, 0.15) is 48.4 Å². The second-order valence-electron chi connectivity index (χ2n) is 7.23. The number of aromatic amines is 1. The highest BCUT2D eigenvalue weighted by Crippen LogP contribution is 2.29. The standard InChI is InChI=1S/C16H24N6O2/c1-10-11(8-22(19-10)16(2,3)4)15(23)21-7-12(14(9-21)24-5)13-6-17-20-18-13/h6,8,12,14H,7,9H2,1-5H3,(H,17,18,20)/t12-,14+/m0/s1. The predicted octanol–water partition coefficient (Wildman–Crippen LogP) is 1.32. The minimum absolute atomic E-state index is 0.0176. The van der Waals surface area contributed by atoms with Crippen molar-refractivity contribution in [3.8, 4) is 0 Å². The van der Waals surface area contributed by atoms with Gasteiger partial charge in [0.1, 0.15) is 0 Å². The fourth-order valence-electron chi connectivity index (χ4n) is 3.04. The van der Waals surface area contributed by atoms with E-state index in [2.05, 4.69) is 41.3 Å². The van der Waals surface area contributed by atoms with Crippen molar-refractivity contribution in [2.75, 3.05) is 20.2 Å². The van der Waals surface area contributed by atoms with E-state index in [1.54, 1.807) is 13.3 Å². The Morgan fingerprint density at radius 2 is 2.12 bits per heavy atom. The highest BCUT2D eigenvalue weighted by molar-refractivity contribution is 5.95. The molecular formula is C16H24N6O2. The van der Waals surface area contributed by atoms with Crippen LogP contribution in [-0.4, -0.2) is 62.3 Å². The van der Waals surface area contributed by atoms with Gasteiger partial charge in [0.25, 0.3) is 5.91 Å². The summed E-state index contributed by atoms with van der Waals surface area (Å²) in [7, 11) is 1.66. The molecule has 0 unspecified atom stereocenters. The second-order valence-corrected chi connectivity index (χ2v) is 7.23. The summed E-state index contributed by atoms with van der Waals surface area (Å²) in [6.45, 7) is 9.15. The number of aryl methyl sites for hydroxylation is 1. The van der Waals surface area contributed by atoms with Gasteiger partial charge in [-0.1, -0.05) is 0 Å². The molecule has 0 saturated carbocycles. The number of aromatic nitrogens is 5. The Morgan fingerprint density at radius 3 is 2.67 bits per heavy atom. The van der Waals surface area contributed by atoms with Crippen molar-refractivity contribution in [3.05, 3.63) is 29.3 Å². The first-order chi connectivity index (χ1) is 11.3. The lowest BCUT2D eigenvalue weighted by Crippen LogP contribution is -2.30. The van der Waals surface area contributed by atoms with Gasteiger partial charge in [-0.3, -0.25) is 9.48 Å². The van der Waals surface area contributed by atoms with Crippen molar-refractivity contribution in [2.24, 2.45) is 0 Å². The number of methoxy groups -OCH3 is 1. The molecule has 1 N–H and O–H groups in total. The molecule has 3 rings (SSSR count). The zero-order valence-corrected chi connectivity index (χ0v) is 14.8. The maximum atomic E-state index is 13.0. The summed E-state index contributed by atoms with van der Waals surface area (Å²) >= 11 is 0. The number of ether oxygens (including phenoxy) is 1. The molecule has 3 heterocycles. The Balaban J connectivity index is 1.82. The minimum Gasteiger partial charge on any atom is -0.379 e. The Labute approximate surface area is 141 Å². The maximum Gasteiger partial charge on any atom is 0.257 e. The third kappa shape index (κ3) is 2.93. The van der Waals surface area contributed by atoms with Crippen LogP contribution >= 0.6 is 0 Å². The maximum absolute atomic E-state index is 13.0. The van der Waals surface area contributed by atoms with Crippen LogP contribution in [-0.2, 0) is 10.3 Å². The quantitative estimate of drug-likeness (QED) is 0.915. The number of rotatable bonds is 3. The van der Waals surface area contributed by atoms with Crippen molar-refractivity contribution in [1.82, 2.24) is 30.1 Å². The van der Waals surface area contributed by atoms with Gasteiger partial charge in [0, 0.05) is 26.4 Å². The molecule has 1 fully saturated rings. The number of likely N-dealkylation sites (tertiary alicyclic amines) is 1. The highest BCUT2D eigenvalue weighted by atomic mass is 16.5. The van der Waals surface area contributed by atoms with E-state index in [4.69, 9.17) is 4.74 Å². The largest absolute Gasteiger partial charge is 0.379 e. The lowest BCUT2D eigenvalue weighted by Gasteiger charge is -2.19. The van der Waals surface area contributed by atoms with Crippen LogP contribution in [0.3, 0.4) is 0 Å². The summed E-state index contributed by atoms with van der Waals surface area (Å²) in [5, 5.41) is 15.1. The molecule has 0 spiro atoms. The van der Waals surface area contributed by atoms with Crippen molar-refractivity contribution in [1.29, 1.82) is 0 Å². The lowest BCUT2D eigenvalue weighted by molar-refractivity contribution is 0.0713. The molecule has 2 aromatic rings. The number of carbonyl (C=O) groups is 1. The summed E-state index contributed by atoms with van der Waals surface area (Å²) < 4.78 is 7.40. The molecule has 8 heteroatoms. The van der Waals surface area contributed by atoms with Crippen molar-refractivity contribution in [3.63, 3.8) is 0 Å². The number of H-pyrrole nitrogens is 1. The first-order valence-corrected chi connectivity index (χ1v) is 8.05. The summed E-state index contributed by atoms with van der Waals surface area (Å²) in [5.74, 6) is 0.00621. The molecule has 130 valence electrons. The van der Waals surface area contributed by atoms with Gasteiger partial charge < -0.3 is 9.64 Å². The topological polar surface area (TPSA) is 88.9 Å². The molecular weight excluding hydrogens is 308 g/mol. The molecule has 24 heavy (non-hydrogen) atoms. The van der Waals surface area contributed by atoms with Gasteiger partial charge in [-0.05, 0) is 27.7 Å². The molecule has 2 atom stereocenters. The molecule has 2 aromatic heterocycles. The summed E-state index contributed by atoms with van der Waals surface area (Å²) in [4.78, 5) is 14.8. The van der Waals surface area contributed by atoms with Crippen LogP contribution in [0.2, 0.25) is 0 Å². The van der Waals surface area contributed by atoms with Crippen molar-refractivity contribution >= 4 is 5.91 Å². The Hall–Kier alpha value is -2.22. The molecule has 1 saturated heterocycles. The van der Waals surface area contributed by atoms with E-state index in [1.807, 2.05) is 22.7 Å². The smallest absolute Gasteiger partial charge is 0.257 e. The molecule has 0 bridgehead atoms. The van der Waals surface area contributed by atoms with Gasteiger partial charge in [0.2, 0.25) is 0 Å². The van der Waals surface area contributed by atoms with Gasteiger partial charge in [-0.2, -0.15) is 20.5 Å². The molecule has 0 radical (unpaired) electrons. The molecule has 0 aliphatic carbocycles. The van der Waals surface area contributed by atoms with E-state index in [0.29, 0.717) is 18.7 Å². The number of hydrogen-bond donors (Lipinski definition) is 1. The number of nitrogens with zero attached hydrogens (tertiary/aromatic N) is 5. The third-order valence-electron chi connectivity index (χ3n) is 4.49. The first kappa shape index (κ1) is 16.6. The Kier molecular flexibility index (Phi) is 4.16. The van der Waals surface area contributed by atoms with Gasteiger partial charge in [-0.15, -0.1) is 0 Å². The van der Waals surface area contributed by atoms with E-state index in [-0.39, 0.29) is 23.5 Å². The van der Waals surface area contributed by atoms with E-state index >= 15 is 0 Å². The molecule has 0 aromatic carbocycles. The Bertz CT molecular complexity index is 716. The lowest BCUT2D eigenvalue weighted by atomic mass is 10.0. The highest BCUT2D eigenvalue weighted by Gasteiger charge is 2.38. The van der Waals surface area contributed by atoms with Crippen molar-refractivity contribution in [2.45, 2.75) is 45.3 Å². The van der Waals surface area contributed by atoms with Crippen LogP contribution in [0.4, 0.5) is 0 Å². The van der Waals surface area contributed by atoms with Gasteiger partial charge in [-0.25, -0.2) is 0 Å². The molecule has 1 aliphatic heterocycles. The molecule has 8 nitrogen and oxygen atoms in total. The van der Waals surface area contributed by atoms with Crippen LogP contribution in [0.5, 0.6) is 0 Å². The van der Waals surface area contributed by atoms with E-state index in [0.717, 1.165) is 11.4 Å². The number of nitrogens with one attached hydrogen (secondary N) is 1. The van der Waals surface area contributed by atoms with Gasteiger partial charge in [0.15, 0.2) is 0 Å². The normalized spacial score (nSPS) is 21.5. The summed E-state index contributed by atoms with van der Waals surface area (Å²) in [5.41, 5.74) is 2.04. The van der Waals surface area contributed by atoms with Crippen molar-refractivity contribution < 1.29 is 9.53 Å². The van der Waals surface area contributed by atoms with E-state index in [1.165, 1.54) is 0 Å². The van der Waals surface area contributed by atoms with Gasteiger partial charge >= 0.3 is 0 Å². The SMILES string of the molecule is CO[C@@H]1CN(C(=O)c2cn(C(C)(C)C)nc2C)C[C@H]1c1cn[nH]n1. The molecule has 1 amide bonds. The van der Waals surface area contributed by atoms with Crippen LogP contribution in [0, 0.1) is 6.92 Å². The average Bonchev–Trinajstić information content (AvgIpc) is 3.24. The van der Waals surface area contributed by atoms with Crippen LogP contribution in [0.15, 0.2) is 12.4 Å². The number of carbonyl (C=O) groups excluding carboxylic acids is 1. The zero-order chi connectivity index (χ0) is 17.5. The van der Waals surface area contributed by atoms with Gasteiger partial charge in [0.05, 0.1) is 40.7 Å². The minimum atomic E-state index is -0.160. The average molecular weight is 332 g/mol. The second kappa shape index (κ2) is 6.01. The van der Waals surface area contributed by atoms with Crippen LogP contribution < -0.4 is 0 Å². The van der Waals surface area contributed by atoms with E-state index < -0.39 is 0 Å². The fraction of sp³-hybridized carbons (Fsp3) is 0.625. The fourth-order valence-corrected chi connectivity index (χ4v) is 3.04. The summed E-state index contributed by atoms with van der Waals surface area (Å²) in [6.07, 6.45) is 3.44. The predicted molar refractivity (Wildman–Crippen MR) is 87.8 cm³/mol. The third-order valence-corrected chi connectivity index (χ3v) is 4.49. The molecule has 1 aliphatic rings. The number of hydrogen-bond acceptors (Lipinski definition) is 5. The van der Waals surface area contributed by atoms with E-state index in [9.17, 15) is 4.79 Å². The number of amides is 1.